The number of benzene rings is 4. The third-order valence-corrected chi connectivity index (χ3v) is 14.1. The largest absolute Gasteiger partial charge is 0.456 e. The molecule has 8 atom stereocenters. The minimum absolute atomic E-state index is 0.0451. The highest BCUT2D eigenvalue weighted by Crippen LogP contribution is 2.60. The molecule has 0 heterocycles. The van der Waals surface area contributed by atoms with Crippen LogP contribution in [-0.2, 0) is 32.2 Å². The second-order valence-corrected chi connectivity index (χ2v) is 18.3. The van der Waals surface area contributed by atoms with E-state index in [2.05, 4.69) is 5.32 Å². The van der Waals surface area contributed by atoms with Gasteiger partial charge in [0, 0.05) is 23.3 Å². The molecule has 4 aromatic rings. The van der Waals surface area contributed by atoms with Gasteiger partial charge in [0.15, 0.2) is 6.10 Å². The van der Waals surface area contributed by atoms with E-state index in [1.165, 1.54) is 0 Å². The van der Waals surface area contributed by atoms with Gasteiger partial charge in [-0.25, -0.2) is 4.79 Å². The highest BCUT2D eigenvalue weighted by molar-refractivity contribution is 8.00. The normalized spacial score (nSPS) is 27.3. The third-order valence-electron chi connectivity index (χ3n) is 12.8. The van der Waals surface area contributed by atoms with Gasteiger partial charge in [0.1, 0.15) is 17.8 Å². The summed E-state index contributed by atoms with van der Waals surface area (Å²) in [5.41, 5.74) is 1.44. The molecule has 318 valence electrons. The van der Waals surface area contributed by atoms with Crippen LogP contribution >= 0.6 is 11.8 Å². The first-order valence-electron chi connectivity index (χ1n) is 21.1. The molecule has 7 rings (SSSR count). The van der Waals surface area contributed by atoms with E-state index >= 15 is 0 Å². The number of rotatable bonds is 15. The standard InChI is InChI=1S/C50H59NO8S/c1-33-39(59-47(54)43(53)42(36-22-13-7-14-23-36)51-31-34-18-9-5-10-19-34)30-50(56)46(58-32-35-20-11-6-12-21-35)41-38(26-17-27-49(41,4)55)44(57-29-28-52)45(40(33)48(50,2)3)60-37-24-15-8-16-25-37/h5-16,18-25,39,42-46,51-53,55-56H,17,26-32H2,1-4H3/t39-,42-,43+,44+,45+,46-,49-,50+/m0/s1. The molecule has 4 aromatic carbocycles. The number of esters is 1. The number of aliphatic hydroxyl groups is 4. The Morgan fingerprint density at radius 1 is 0.833 bits per heavy atom. The van der Waals surface area contributed by atoms with Crippen LogP contribution in [0.1, 0.15) is 76.1 Å². The maximum absolute atomic E-state index is 14.5. The minimum atomic E-state index is -1.74. The number of fused-ring (bicyclic) bond motifs is 2. The van der Waals surface area contributed by atoms with Crippen molar-refractivity contribution in [2.24, 2.45) is 5.41 Å². The van der Waals surface area contributed by atoms with Gasteiger partial charge in [0.2, 0.25) is 0 Å². The van der Waals surface area contributed by atoms with Crippen LogP contribution in [0.5, 0.6) is 0 Å². The van der Waals surface area contributed by atoms with Crippen LogP contribution in [-0.4, -0.2) is 80.5 Å². The first kappa shape index (κ1) is 44.0. The molecule has 0 amide bonds. The van der Waals surface area contributed by atoms with Crippen molar-refractivity contribution in [1.29, 1.82) is 0 Å². The average molecular weight is 834 g/mol. The monoisotopic (exact) mass is 833 g/mol. The SMILES string of the molecule is CC1=C2[C@@H](Sc3ccccc3)[C@H](OCCO)C3=C([C@H](OCc4ccccc4)[C@](O)(C[C@@H]1OC(=O)[C@H](O)[C@@H](NCc1ccccc1)c1ccccc1)C2(C)C)[C@@](C)(O)CCC3. The average Bonchev–Trinajstić information content (AvgIpc) is 3.24. The van der Waals surface area contributed by atoms with Crippen molar-refractivity contribution >= 4 is 17.7 Å². The van der Waals surface area contributed by atoms with Crippen LogP contribution in [0.4, 0.5) is 0 Å². The quantitative estimate of drug-likeness (QED) is 0.0601. The molecule has 5 N–H and O–H groups in total. The van der Waals surface area contributed by atoms with Gasteiger partial charge >= 0.3 is 5.97 Å². The lowest BCUT2D eigenvalue weighted by Gasteiger charge is -2.59. The summed E-state index contributed by atoms with van der Waals surface area (Å²) in [7, 11) is 0. The van der Waals surface area contributed by atoms with E-state index in [-0.39, 0.29) is 26.2 Å². The Balaban J connectivity index is 1.36. The lowest BCUT2D eigenvalue weighted by Crippen LogP contribution is -2.66. The molecule has 0 saturated heterocycles. The van der Waals surface area contributed by atoms with E-state index in [4.69, 9.17) is 14.2 Å². The predicted molar refractivity (Wildman–Crippen MR) is 234 cm³/mol. The van der Waals surface area contributed by atoms with E-state index in [1.54, 1.807) is 18.7 Å². The highest BCUT2D eigenvalue weighted by atomic mass is 32.2. The van der Waals surface area contributed by atoms with Crippen molar-refractivity contribution in [1.82, 2.24) is 5.32 Å². The number of thioether (sulfide) groups is 1. The lowest BCUT2D eigenvalue weighted by atomic mass is 9.54. The first-order valence-corrected chi connectivity index (χ1v) is 21.9. The van der Waals surface area contributed by atoms with Crippen molar-refractivity contribution < 1.29 is 39.4 Å². The number of nitrogens with one attached hydrogen (secondary N) is 1. The van der Waals surface area contributed by atoms with Gasteiger partial charge in [-0.2, -0.15) is 0 Å². The number of hydrogen-bond donors (Lipinski definition) is 5. The molecule has 0 spiro atoms. The molecule has 60 heavy (non-hydrogen) atoms. The van der Waals surface area contributed by atoms with Gasteiger partial charge in [-0.15, -0.1) is 11.8 Å². The summed E-state index contributed by atoms with van der Waals surface area (Å²) in [5, 5.41) is 51.3. The Kier molecular flexibility index (Phi) is 13.8. The Hall–Kier alpha value is -4.10. The Bertz CT molecular complexity index is 2110. The molecule has 0 radical (unpaired) electrons. The molecule has 2 bridgehead atoms. The molecule has 10 heteroatoms. The van der Waals surface area contributed by atoms with E-state index in [9.17, 15) is 25.2 Å². The number of carbonyl (C=O) groups is 1. The maximum atomic E-state index is 14.5. The van der Waals surface area contributed by atoms with Gasteiger partial charge in [0.05, 0.1) is 42.8 Å². The summed E-state index contributed by atoms with van der Waals surface area (Å²) in [4.78, 5) is 15.4. The zero-order valence-corrected chi connectivity index (χ0v) is 35.8. The molecule has 3 aliphatic carbocycles. The molecule has 3 aliphatic rings. The zero-order chi connectivity index (χ0) is 42.5. The van der Waals surface area contributed by atoms with Crippen molar-refractivity contribution in [3.63, 3.8) is 0 Å². The van der Waals surface area contributed by atoms with Crippen LogP contribution in [0.3, 0.4) is 0 Å². The predicted octanol–water partition coefficient (Wildman–Crippen LogP) is 7.64. The number of ether oxygens (including phenoxy) is 3. The fourth-order valence-corrected chi connectivity index (χ4v) is 11.2. The summed E-state index contributed by atoms with van der Waals surface area (Å²) >= 11 is 1.59. The smallest absolute Gasteiger partial charge is 0.337 e. The Labute approximate surface area is 358 Å². The van der Waals surface area contributed by atoms with Crippen molar-refractivity contribution in [2.45, 2.75) is 118 Å². The topological polar surface area (TPSA) is 138 Å². The minimum Gasteiger partial charge on any atom is -0.456 e. The lowest BCUT2D eigenvalue weighted by molar-refractivity contribution is -0.192. The number of hydrogen-bond acceptors (Lipinski definition) is 10. The van der Waals surface area contributed by atoms with Crippen molar-refractivity contribution in [3.8, 4) is 0 Å². The van der Waals surface area contributed by atoms with Crippen LogP contribution in [0.2, 0.25) is 0 Å². The fourth-order valence-electron chi connectivity index (χ4n) is 9.64. The Morgan fingerprint density at radius 3 is 2.07 bits per heavy atom. The van der Waals surface area contributed by atoms with E-state index in [1.807, 2.05) is 142 Å². The summed E-state index contributed by atoms with van der Waals surface area (Å²) in [6.45, 7) is 8.11. The van der Waals surface area contributed by atoms with Crippen LogP contribution in [0, 0.1) is 5.41 Å². The molecular weight excluding hydrogens is 775 g/mol. The second kappa shape index (κ2) is 18.9. The molecular formula is C50H59NO8S. The molecule has 0 saturated carbocycles. The van der Waals surface area contributed by atoms with E-state index in [0.717, 1.165) is 38.3 Å². The van der Waals surface area contributed by atoms with Gasteiger partial charge in [-0.1, -0.05) is 123 Å². The molecule has 0 aromatic heterocycles. The Morgan fingerprint density at radius 2 is 1.43 bits per heavy atom. The first-order chi connectivity index (χ1) is 28.9. The van der Waals surface area contributed by atoms with Crippen LogP contribution < -0.4 is 5.32 Å². The highest BCUT2D eigenvalue weighted by Gasteiger charge is 2.63. The summed E-state index contributed by atoms with van der Waals surface area (Å²) in [6, 6.07) is 38.0. The second-order valence-electron chi connectivity index (χ2n) is 17.1. The van der Waals surface area contributed by atoms with Crippen molar-refractivity contribution in [2.75, 3.05) is 13.2 Å². The number of carbonyl (C=O) groups excluding carboxylic acids is 1. The van der Waals surface area contributed by atoms with Gasteiger partial charge in [-0.3, -0.25) is 0 Å². The third kappa shape index (κ3) is 9.08. The fraction of sp³-hybridized carbons (Fsp3) is 0.420. The van der Waals surface area contributed by atoms with Crippen LogP contribution in [0.25, 0.3) is 0 Å². The van der Waals surface area contributed by atoms with Gasteiger partial charge in [-0.05, 0) is 84.2 Å². The summed E-state index contributed by atoms with van der Waals surface area (Å²) in [5.74, 6) is -0.834. The molecule has 9 nitrogen and oxygen atoms in total. The molecule has 0 fully saturated rings. The summed E-state index contributed by atoms with van der Waals surface area (Å²) in [6.07, 6.45) is -2.61. The van der Waals surface area contributed by atoms with Crippen LogP contribution in [0.15, 0.2) is 149 Å². The maximum Gasteiger partial charge on any atom is 0.337 e. The number of aliphatic hydroxyl groups excluding tert-OH is 2. The zero-order valence-electron chi connectivity index (χ0n) is 35.0. The van der Waals surface area contributed by atoms with Gasteiger partial charge in [0.25, 0.3) is 0 Å². The van der Waals surface area contributed by atoms with E-state index < -0.39 is 58.3 Å². The van der Waals surface area contributed by atoms with Gasteiger partial charge < -0.3 is 40.0 Å². The van der Waals surface area contributed by atoms with E-state index in [0.29, 0.717) is 31.4 Å². The molecule has 0 unspecified atom stereocenters. The summed E-state index contributed by atoms with van der Waals surface area (Å²) < 4.78 is 20.1. The molecule has 0 aliphatic heterocycles. The van der Waals surface area contributed by atoms with Crippen molar-refractivity contribution in [3.05, 3.63) is 160 Å².